The van der Waals surface area contributed by atoms with Gasteiger partial charge in [0.05, 0.1) is 5.01 Å². The van der Waals surface area contributed by atoms with E-state index in [0.29, 0.717) is 17.9 Å². The molecule has 1 fully saturated rings. The largest absolute Gasteiger partial charge is 0.326 e. The second kappa shape index (κ2) is 5.07. The summed E-state index contributed by atoms with van der Waals surface area (Å²) in [4.78, 5) is 5.76. The minimum Gasteiger partial charge on any atom is -0.326 e. The predicted molar refractivity (Wildman–Crippen MR) is 74.2 cm³/mol. The third-order valence-corrected chi connectivity index (χ3v) is 5.26. The summed E-state index contributed by atoms with van der Waals surface area (Å²) in [6, 6.07) is 0. The van der Waals surface area contributed by atoms with Gasteiger partial charge in [0.15, 0.2) is 0 Å². The molecule has 0 aromatic carbocycles. The minimum absolute atomic E-state index is 0.469. The van der Waals surface area contributed by atoms with Gasteiger partial charge < -0.3 is 5.73 Å². The molecule has 0 saturated heterocycles. The summed E-state index contributed by atoms with van der Waals surface area (Å²) in [5.41, 5.74) is 6.11. The molecule has 3 heteroatoms. The van der Waals surface area contributed by atoms with Crippen molar-refractivity contribution in [3.05, 3.63) is 16.1 Å². The van der Waals surface area contributed by atoms with Crippen LogP contribution in [0.2, 0.25) is 0 Å². The Bertz CT molecular complexity index is 357. The van der Waals surface area contributed by atoms with Gasteiger partial charge >= 0.3 is 0 Å². The van der Waals surface area contributed by atoms with Crippen molar-refractivity contribution >= 4 is 11.3 Å². The summed E-state index contributed by atoms with van der Waals surface area (Å²) >= 11 is 1.81. The number of nitrogens with two attached hydrogens (primary N) is 1. The van der Waals surface area contributed by atoms with E-state index in [-0.39, 0.29) is 0 Å². The Labute approximate surface area is 109 Å². The van der Waals surface area contributed by atoms with Crippen LogP contribution in [0, 0.1) is 11.3 Å². The molecular formula is C14H24N2S. The Kier molecular flexibility index (Phi) is 3.88. The van der Waals surface area contributed by atoms with Crippen LogP contribution in [0.1, 0.15) is 62.3 Å². The Balaban J connectivity index is 1.95. The van der Waals surface area contributed by atoms with E-state index in [1.807, 2.05) is 17.5 Å². The number of aromatic nitrogens is 1. The average molecular weight is 252 g/mol. The van der Waals surface area contributed by atoms with E-state index in [9.17, 15) is 0 Å². The van der Waals surface area contributed by atoms with Gasteiger partial charge in [0.25, 0.3) is 0 Å². The molecule has 0 atom stereocenters. The molecule has 1 aliphatic rings. The molecular weight excluding hydrogens is 228 g/mol. The minimum atomic E-state index is 0.469. The van der Waals surface area contributed by atoms with Gasteiger partial charge in [-0.05, 0) is 37.0 Å². The van der Waals surface area contributed by atoms with E-state index in [1.54, 1.807) is 0 Å². The number of hydrogen-bond acceptors (Lipinski definition) is 3. The molecule has 17 heavy (non-hydrogen) atoms. The molecule has 1 saturated carbocycles. The monoisotopic (exact) mass is 252 g/mol. The molecule has 96 valence electrons. The normalized spacial score (nSPS) is 26.1. The molecule has 0 amide bonds. The quantitative estimate of drug-likeness (QED) is 0.866. The topological polar surface area (TPSA) is 38.9 Å². The van der Waals surface area contributed by atoms with E-state index in [4.69, 9.17) is 5.73 Å². The summed E-state index contributed by atoms with van der Waals surface area (Å²) in [6.45, 7) is 7.74. The van der Waals surface area contributed by atoms with Gasteiger partial charge in [0.2, 0.25) is 0 Å². The van der Waals surface area contributed by atoms with Gasteiger partial charge in [-0.15, -0.1) is 11.3 Å². The smallest absolute Gasteiger partial charge is 0.0959 e. The van der Waals surface area contributed by atoms with Gasteiger partial charge in [0, 0.05) is 23.5 Å². The van der Waals surface area contributed by atoms with Crippen LogP contribution >= 0.6 is 11.3 Å². The molecule has 2 nitrogen and oxygen atoms in total. The van der Waals surface area contributed by atoms with Crippen molar-refractivity contribution in [2.45, 2.75) is 58.9 Å². The van der Waals surface area contributed by atoms with Crippen LogP contribution in [-0.2, 0) is 6.54 Å². The van der Waals surface area contributed by atoms with Crippen molar-refractivity contribution in [3.63, 3.8) is 0 Å². The van der Waals surface area contributed by atoms with Crippen molar-refractivity contribution in [2.24, 2.45) is 17.1 Å². The second-order valence-corrected chi connectivity index (χ2v) is 7.43. The van der Waals surface area contributed by atoms with Crippen LogP contribution in [0.25, 0.3) is 0 Å². The lowest BCUT2D eigenvalue weighted by molar-refractivity contribution is 0.169. The molecule has 1 aromatic rings. The van der Waals surface area contributed by atoms with E-state index >= 15 is 0 Å². The highest BCUT2D eigenvalue weighted by molar-refractivity contribution is 7.11. The fourth-order valence-electron chi connectivity index (χ4n) is 2.81. The van der Waals surface area contributed by atoms with Crippen molar-refractivity contribution in [3.8, 4) is 0 Å². The SMILES string of the molecule is CC(C)(C)C1CCC(c2ncc(CN)s2)CC1. The molecule has 2 N–H and O–H groups in total. The maximum absolute atomic E-state index is 5.64. The average Bonchev–Trinajstić information content (AvgIpc) is 2.76. The van der Waals surface area contributed by atoms with Crippen LogP contribution < -0.4 is 5.73 Å². The highest BCUT2D eigenvalue weighted by atomic mass is 32.1. The number of rotatable bonds is 2. The fraction of sp³-hybridized carbons (Fsp3) is 0.786. The number of thiazole rings is 1. The third kappa shape index (κ3) is 3.08. The van der Waals surface area contributed by atoms with Crippen LogP contribution in [0.15, 0.2) is 6.20 Å². The van der Waals surface area contributed by atoms with Gasteiger partial charge in [-0.25, -0.2) is 4.98 Å². The van der Waals surface area contributed by atoms with Crippen LogP contribution in [0.3, 0.4) is 0 Å². The first-order valence-corrected chi connectivity index (χ1v) is 7.47. The molecule has 1 heterocycles. The third-order valence-electron chi connectivity index (χ3n) is 4.07. The highest BCUT2D eigenvalue weighted by Gasteiger charge is 2.31. The molecule has 2 rings (SSSR count). The van der Waals surface area contributed by atoms with E-state index in [2.05, 4.69) is 25.8 Å². The summed E-state index contributed by atoms with van der Waals surface area (Å²) < 4.78 is 0. The lowest BCUT2D eigenvalue weighted by atomic mass is 9.70. The summed E-state index contributed by atoms with van der Waals surface area (Å²) in [5.74, 6) is 1.58. The number of nitrogens with zero attached hydrogens (tertiary/aromatic N) is 1. The molecule has 0 spiro atoms. The lowest BCUT2D eigenvalue weighted by Crippen LogP contribution is -2.25. The van der Waals surface area contributed by atoms with E-state index in [1.165, 1.54) is 35.6 Å². The van der Waals surface area contributed by atoms with Crippen molar-refractivity contribution in [2.75, 3.05) is 0 Å². The molecule has 0 bridgehead atoms. The zero-order valence-corrected chi connectivity index (χ0v) is 12.0. The van der Waals surface area contributed by atoms with Crippen molar-refractivity contribution in [1.29, 1.82) is 0 Å². The van der Waals surface area contributed by atoms with E-state index < -0.39 is 0 Å². The van der Waals surface area contributed by atoms with Crippen molar-refractivity contribution in [1.82, 2.24) is 4.98 Å². The first-order chi connectivity index (χ1) is 8.00. The molecule has 0 aliphatic heterocycles. The summed E-state index contributed by atoms with van der Waals surface area (Å²) in [7, 11) is 0. The standard InChI is InChI=1S/C14H24N2S/c1-14(2,3)11-6-4-10(5-7-11)13-16-9-12(8-15)17-13/h9-11H,4-8,15H2,1-3H3. The first-order valence-electron chi connectivity index (χ1n) is 6.65. The Morgan fingerprint density at radius 1 is 1.29 bits per heavy atom. The number of hydrogen-bond donors (Lipinski definition) is 1. The Morgan fingerprint density at radius 3 is 2.41 bits per heavy atom. The Morgan fingerprint density at radius 2 is 1.94 bits per heavy atom. The Hall–Kier alpha value is -0.410. The molecule has 0 radical (unpaired) electrons. The zero-order chi connectivity index (χ0) is 12.5. The van der Waals surface area contributed by atoms with Gasteiger partial charge in [-0.3, -0.25) is 0 Å². The fourth-order valence-corrected chi connectivity index (χ4v) is 3.78. The summed E-state index contributed by atoms with van der Waals surface area (Å²) in [6.07, 6.45) is 7.27. The second-order valence-electron chi connectivity index (χ2n) is 6.28. The lowest BCUT2D eigenvalue weighted by Gasteiger charge is -2.36. The van der Waals surface area contributed by atoms with Crippen molar-refractivity contribution < 1.29 is 0 Å². The molecule has 0 unspecified atom stereocenters. The molecule has 1 aromatic heterocycles. The molecule has 1 aliphatic carbocycles. The van der Waals surface area contributed by atoms with Crippen LogP contribution in [-0.4, -0.2) is 4.98 Å². The highest BCUT2D eigenvalue weighted by Crippen LogP contribution is 2.43. The van der Waals surface area contributed by atoms with Crippen LogP contribution in [0.5, 0.6) is 0 Å². The maximum Gasteiger partial charge on any atom is 0.0959 e. The van der Waals surface area contributed by atoms with E-state index in [0.717, 1.165) is 5.92 Å². The predicted octanol–water partition coefficient (Wildman–Crippen LogP) is 3.92. The van der Waals surface area contributed by atoms with Gasteiger partial charge in [0.1, 0.15) is 0 Å². The maximum atomic E-state index is 5.64. The van der Waals surface area contributed by atoms with Gasteiger partial charge in [-0.1, -0.05) is 20.8 Å². The van der Waals surface area contributed by atoms with Crippen LogP contribution in [0.4, 0.5) is 0 Å². The first kappa shape index (κ1) is 13.0. The zero-order valence-electron chi connectivity index (χ0n) is 11.2. The summed E-state index contributed by atoms with van der Waals surface area (Å²) in [5, 5.41) is 1.32. The van der Waals surface area contributed by atoms with Gasteiger partial charge in [-0.2, -0.15) is 0 Å².